The number of hydrogen-bond acceptors (Lipinski definition) is 3. The molecule has 1 amide bonds. The minimum atomic E-state index is -0.449. The van der Waals surface area contributed by atoms with Gasteiger partial charge < -0.3 is 9.30 Å². The molecule has 5 nitrogen and oxygen atoms in total. The van der Waals surface area contributed by atoms with Crippen molar-refractivity contribution in [2.24, 2.45) is 5.92 Å². The standard InChI is InChI=1S/C16H25N3O2/c1-11-8-13(11)19-10-17-9-14(19)12-6-5-7-18(12)15(20)21-16(2,3)4/h9-13H,5-8H2,1-4H3/t11?,12-,13?/m0/s1. The van der Waals surface area contributed by atoms with Crippen LogP contribution in [0, 0.1) is 5.92 Å². The van der Waals surface area contributed by atoms with Crippen LogP contribution in [0.2, 0.25) is 0 Å². The topological polar surface area (TPSA) is 47.4 Å². The molecular weight excluding hydrogens is 266 g/mol. The summed E-state index contributed by atoms with van der Waals surface area (Å²) in [6.07, 6.45) is 6.85. The Morgan fingerprint density at radius 1 is 1.43 bits per heavy atom. The highest BCUT2D eigenvalue weighted by Gasteiger charge is 2.40. The Hall–Kier alpha value is -1.52. The van der Waals surface area contributed by atoms with E-state index < -0.39 is 5.60 Å². The maximum atomic E-state index is 12.4. The van der Waals surface area contributed by atoms with E-state index in [2.05, 4.69) is 16.5 Å². The van der Waals surface area contributed by atoms with E-state index in [0.717, 1.165) is 25.1 Å². The molecule has 1 aliphatic heterocycles. The summed E-state index contributed by atoms with van der Waals surface area (Å²) in [5, 5.41) is 0. The Morgan fingerprint density at radius 3 is 2.76 bits per heavy atom. The van der Waals surface area contributed by atoms with Gasteiger partial charge in [0.2, 0.25) is 0 Å². The molecule has 1 saturated heterocycles. The smallest absolute Gasteiger partial charge is 0.410 e. The SMILES string of the molecule is CC1CC1n1cncc1[C@@H]1CCCN1C(=O)OC(C)(C)C. The molecule has 3 atom stereocenters. The van der Waals surface area contributed by atoms with Crippen molar-refractivity contribution >= 4 is 6.09 Å². The van der Waals surface area contributed by atoms with Crippen LogP contribution in [0.3, 0.4) is 0 Å². The predicted molar refractivity (Wildman–Crippen MR) is 80.0 cm³/mol. The summed E-state index contributed by atoms with van der Waals surface area (Å²) >= 11 is 0. The van der Waals surface area contributed by atoms with Crippen molar-refractivity contribution in [1.29, 1.82) is 0 Å². The lowest BCUT2D eigenvalue weighted by Gasteiger charge is -2.29. The maximum Gasteiger partial charge on any atom is 0.410 e. The Bertz CT molecular complexity index is 532. The molecule has 1 aromatic heterocycles. The summed E-state index contributed by atoms with van der Waals surface area (Å²) in [6.45, 7) is 8.75. The Balaban J connectivity index is 1.78. The van der Waals surface area contributed by atoms with E-state index in [4.69, 9.17) is 4.74 Å². The van der Waals surface area contributed by atoms with Gasteiger partial charge in [0, 0.05) is 12.6 Å². The number of hydrogen-bond donors (Lipinski definition) is 0. The zero-order valence-electron chi connectivity index (χ0n) is 13.4. The highest BCUT2D eigenvalue weighted by molar-refractivity contribution is 5.69. The van der Waals surface area contributed by atoms with Gasteiger partial charge >= 0.3 is 6.09 Å². The van der Waals surface area contributed by atoms with Gasteiger partial charge in [0.05, 0.1) is 24.3 Å². The van der Waals surface area contributed by atoms with Crippen LogP contribution in [-0.4, -0.2) is 32.7 Å². The van der Waals surface area contributed by atoms with Crippen LogP contribution in [0.4, 0.5) is 4.79 Å². The van der Waals surface area contributed by atoms with Gasteiger partial charge in [-0.3, -0.25) is 4.90 Å². The fourth-order valence-corrected chi connectivity index (χ4v) is 3.15. The normalized spacial score (nSPS) is 28.8. The molecular formula is C16H25N3O2. The lowest BCUT2D eigenvalue weighted by molar-refractivity contribution is 0.0219. The second-order valence-corrected chi connectivity index (χ2v) is 7.34. The number of nitrogens with zero attached hydrogens (tertiary/aromatic N) is 3. The Kier molecular flexibility index (Phi) is 3.46. The Labute approximate surface area is 126 Å². The Morgan fingerprint density at radius 2 is 2.14 bits per heavy atom. The van der Waals surface area contributed by atoms with Crippen molar-refractivity contribution in [1.82, 2.24) is 14.5 Å². The van der Waals surface area contributed by atoms with Crippen molar-refractivity contribution in [3.05, 3.63) is 18.2 Å². The fourth-order valence-electron chi connectivity index (χ4n) is 3.15. The first-order valence-electron chi connectivity index (χ1n) is 7.88. The number of imidazole rings is 1. The van der Waals surface area contributed by atoms with Crippen molar-refractivity contribution in [3.8, 4) is 0 Å². The van der Waals surface area contributed by atoms with Crippen LogP contribution < -0.4 is 0 Å². The summed E-state index contributed by atoms with van der Waals surface area (Å²) in [5.74, 6) is 0.717. The number of carbonyl (C=O) groups excluding carboxylic acids is 1. The summed E-state index contributed by atoms with van der Waals surface area (Å²) < 4.78 is 7.81. The van der Waals surface area contributed by atoms with Gasteiger partial charge in [-0.05, 0) is 46.0 Å². The molecule has 1 aliphatic carbocycles. The molecule has 2 aliphatic rings. The van der Waals surface area contributed by atoms with Gasteiger partial charge in [-0.25, -0.2) is 9.78 Å². The van der Waals surface area contributed by atoms with E-state index in [1.165, 1.54) is 6.42 Å². The van der Waals surface area contributed by atoms with Crippen LogP contribution in [0.5, 0.6) is 0 Å². The van der Waals surface area contributed by atoms with E-state index in [9.17, 15) is 4.79 Å². The quantitative estimate of drug-likeness (QED) is 0.837. The van der Waals surface area contributed by atoms with E-state index in [1.807, 2.05) is 38.2 Å². The lowest BCUT2D eigenvalue weighted by atomic mass is 10.1. The molecule has 2 heterocycles. The van der Waals surface area contributed by atoms with Gasteiger partial charge in [-0.2, -0.15) is 0 Å². The molecule has 0 N–H and O–H groups in total. The fraction of sp³-hybridized carbons (Fsp3) is 0.750. The van der Waals surface area contributed by atoms with Crippen LogP contribution in [0.15, 0.2) is 12.5 Å². The van der Waals surface area contributed by atoms with E-state index in [-0.39, 0.29) is 12.1 Å². The summed E-state index contributed by atoms with van der Waals surface area (Å²) in [7, 11) is 0. The monoisotopic (exact) mass is 291 g/mol. The largest absolute Gasteiger partial charge is 0.444 e. The average molecular weight is 291 g/mol. The molecule has 1 saturated carbocycles. The molecule has 116 valence electrons. The van der Waals surface area contributed by atoms with Gasteiger partial charge in [0.25, 0.3) is 0 Å². The van der Waals surface area contributed by atoms with Crippen molar-refractivity contribution in [2.45, 2.75) is 64.6 Å². The van der Waals surface area contributed by atoms with E-state index in [0.29, 0.717) is 12.0 Å². The third kappa shape index (κ3) is 2.92. The summed E-state index contributed by atoms with van der Waals surface area (Å²) in [6, 6.07) is 0.665. The highest BCUT2D eigenvalue weighted by Crippen LogP contribution is 2.45. The number of likely N-dealkylation sites (tertiary alicyclic amines) is 1. The molecule has 0 bridgehead atoms. The van der Waals surface area contributed by atoms with Crippen molar-refractivity contribution < 1.29 is 9.53 Å². The lowest BCUT2D eigenvalue weighted by Crippen LogP contribution is -2.36. The van der Waals surface area contributed by atoms with Crippen LogP contribution in [0.1, 0.15) is 64.7 Å². The first-order chi connectivity index (χ1) is 9.87. The molecule has 21 heavy (non-hydrogen) atoms. The number of ether oxygens (including phenoxy) is 1. The number of aromatic nitrogens is 2. The van der Waals surface area contributed by atoms with E-state index >= 15 is 0 Å². The average Bonchev–Trinajstić information content (AvgIpc) is 2.86. The third-order valence-electron chi connectivity index (χ3n) is 4.34. The molecule has 2 unspecified atom stereocenters. The maximum absolute atomic E-state index is 12.4. The second-order valence-electron chi connectivity index (χ2n) is 7.34. The van der Waals surface area contributed by atoms with Gasteiger partial charge in [-0.15, -0.1) is 0 Å². The zero-order chi connectivity index (χ0) is 15.2. The molecule has 0 aromatic carbocycles. The predicted octanol–water partition coefficient (Wildman–Crippen LogP) is 3.54. The number of carbonyl (C=O) groups is 1. The molecule has 1 aromatic rings. The highest BCUT2D eigenvalue weighted by atomic mass is 16.6. The third-order valence-corrected chi connectivity index (χ3v) is 4.34. The van der Waals surface area contributed by atoms with Gasteiger partial charge in [0.15, 0.2) is 0 Å². The first kappa shape index (κ1) is 14.4. The minimum absolute atomic E-state index is 0.107. The molecule has 0 radical (unpaired) electrons. The van der Waals surface area contributed by atoms with Crippen molar-refractivity contribution in [3.63, 3.8) is 0 Å². The van der Waals surface area contributed by atoms with Crippen LogP contribution in [0.25, 0.3) is 0 Å². The number of rotatable bonds is 2. The first-order valence-corrected chi connectivity index (χ1v) is 7.88. The second kappa shape index (κ2) is 5.04. The summed E-state index contributed by atoms with van der Waals surface area (Å²) in [5.41, 5.74) is 0.711. The van der Waals surface area contributed by atoms with Crippen LogP contribution in [-0.2, 0) is 4.74 Å². The number of amides is 1. The van der Waals surface area contributed by atoms with Gasteiger partial charge in [0.1, 0.15) is 5.60 Å². The molecule has 5 heteroatoms. The van der Waals surface area contributed by atoms with Crippen LogP contribution >= 0.6 is 0 Å². The van der Waals surface area contributed by atoms with E-state index in [1.54, 1.807) is 0 Å². The molecule has 0 spiro atoms. The minimum Gasteiger partial charge on any atom is -0.444 e. The molecule has 2 fully saturated rings. The van der Waals surface area contributed by atoms with Gasteiger partial charge in [-0.1, -0.05) is 6.92 Å². The molecule has 3 rings (SSSR count). The van der Waals surface area contributed by atoms with Crippen molar-refractivity contribution in [2.75, 3.05) is 6.54 Å². The zero-order valence-corrected chi connectivity index (χ0v) is 13.4. The summed E-state index contributed by atoms with van der Waals surface area (Å²) in [4.78, 5) is 18.6.